The number of carbonyl (C=O) groups excluding carboxylic acids is 1. The van der Waals surface area contributed by atoms with Crippen LogP contribution in [0.15, 0.2) is 0 Å². The summed E-state index contributed by atoms with van der Waals surface area (Å²) >= 11 is 0. The maximum Gasteiger partial charge on any atom is 0.233 e. The fourth-order valence-corrected chi connectivity index (χ4v) is 1.50. The molecule has 16 heavy (non-hydrogen) atoms. The number of hydrogen-bond donors (Lipinski definition) is 3. The second-order valence-corrected chi connectivity index (χ2v) is 5.49. The molecule has 1 rings (SSSR count). The summed E-state index contributed by atoms with van der Waals surface area (Å²) in [5.41, 5.74) is -0.0269. The lowest BCUT2D eigenvalue weighted by atomic mass is 9.90. The van der Waals surface area contributed by atoms with E-state index in [1.54, 1.807) is 0 Å². The molecule has 0 aromatic heterocycles. The van der Waals surface area contributed by atoms with Crippen molar-refractivity contribution in [3.8, 4) is 0 Å². The number of aliphatic hydroxyl groups is 1. The lowest BCUT2D eigenvalue weighted by Crippen LogP contribution is -2.39. The molecule has 0 aromatic rings. The summed E-state index contributed by atoms with van der Waals surface area (Å²) in [6, 6.07) is 0. The van der Waals surface area contributed by atoms with Crippen LogP contribution in [0.3, 0.4) is 0 Å². The van der Waals surface area contributed by atoms with E-state index in [-0.39, 0.29) is 17.9 Å². The van der Waals surface area contributed by atoms with Crippen molar-refractivity contribution in [1.82, 2.24) is 10.6 Å². The quantitative estimate of drug-likeness (QED) is 0.567. The minimum absolute atomic E-state index is 0.0269. The normalized spacial score (nSPS) is 16.2. The molecule has 0 unspecified atom stereocenters. The molecule has 4 heteroatoms. The predicted octanol–water partition coefficient (Wildman–Crippen LogP) is 0.511. The number of nitrogens with one attached hydrogen (secondary N) is 2. The molecule has 0 atom stereocenters. The van der Waals surface area contributed by atoms with Crippen LogP contribution < -0.4 is 10.6 Å². The number of amides is 1. The molecular weight excluding hydrogens is 204 g/mol. The predicted molar refractivity (Wildman–Crippen MR) is 64.1 cm³/mol. The van der Waals surface area contributed by atoms with E-state index in [0.717, 1.165) is 12.5 Å². The van der Waals surface area contributed by atoms with Gasteiger partial charge in [-0.1, -0.05) is 13.8 Å². The first kappa shape index (κ1) is 13.5. The smallest absolute Gasteiger partial charge is 0.233 e. The standard InChI is InChI=1S/C12H24N2O2/c1-12(2,5-6-15)9-14-11(16)8-13-7-10-3-4-10/h10,13,15H,3-9H2,1-2H3,(H,14,16). The first-order chi connectivity index (χ1) is 7.53. The Bertz CT molecular complexity index is 225. The molecule has 1 aliphatic rings. The van der Waals surface area contributed by atoms with E-state index in [2.05, 4.69) is 10.6 Å². The molecule has 1 saturated carbocycles. The van der Waals surface area contributed by atoms with E-state index in [4.69, 9.17) is 5.11 Å². The molecule has 0 saturated heterocycles. The van der Waals surface area contributed by atoms with E-state index in [1.165, 1.54) is 12.8 Å². The zero-order valence-electron chi connectivity index (χ0n) is 10.4. The van der Waals surface area contributed by atoms with Crippen LogP contribution in [0.4, 0.5) is 0 Å². The SMILES string of the molecule is CC(C)(CCO)CNC(=O)CNCC1CC1. The van der Waals surface area contributed by atoms with Crippen LogP contribution in [0, 0.1) is 11.3 Å². The van der Waals surface area contributed by atoms with Gasteiger partial charge in [-0.3, -0.25) is 4.79 Å². The molecule has 94 valence electrons. The highest BCUT2D eigenvalue weighted by atomic mass is 16.3. The zero-order chi connectivity index (χ0) is 12.0. The molecule has 0 radical (unpaired) electrons. The molecule has 0 spiro atoms. The molecule has 1 fully saturated rings. The van der Waals surface area contributed by atoms with Crippen LogP contribution >= 0.6 is 0 Å². The Morgan fingerprint density at radius 1 is 1.44 bits per heavy atom. The van der Waals surface area contributed by atoms with Gasteiger partial charge in [-0.05, 0) is 37.1 Å². The summed E-state index contributed by atoms with van der Waals surface area (Å²) in [4.78, 5) is 11.5. The van der Waals surface area contributed by atoms with E-state index in [1.807, 2.05) is 13.8 Å². The Balaban J connectivity index is 2.03. The highest BCUT2D eigenvalue weighted by Gasteiger charge is 2.21. The molecule has 0 aliphatic heterocycles. The maximum atomic E-state index is 11.5. The van der Waals surface area contributed by atoms with Crippen LogP contribution in [0.1, 0.15) is 33.1 Å². The van der Waals surface area contributed by atoms with Crippen molar-refractivity contribution < 1.29 is 9.90 Å². The van der Waals surface area contributed by atoms with Crippen molar-refractivity contribution in [2.24, 2.45) is 11.3 Å². The van der Waals surface area contributed by atoms with Crippen LogP contribution in [-0.4, -0.2) is 37.3 Å². The fraction of sp³-hybridized carbons (Fsp3) is 0.917. The minimum Gasteiger partial charge on any atom is -0.396 e. The fourth-order valence-electron chi connectivity index (χ4n) is 1.50. The van der Waals surface area contributed by atoms with Gasteiger partial charge in [-0.25, -0.2) is 0 Å². The molecule has 4 nitrogen and oxygen atoms in total. The van der Waals surface area contributed by atoms with Crippen LogP contribution in [0.2, 0.25) is 0 Å². The van der Waals surface area contributed by atoms with Gasteiger partial charge in [0.2, 0.25) is 5.91 Å². The van der Waals surface area contributed by atoms with Gasteiger partial charge >= 0.3 is 0 Å². The average Bonchev–Trinajstić information content (AvgIpc) is 2.99. The highest BCUT2D eigenvalue weighted by Crippen LogP contribution is 2.27. The topological polar surface area (TPSA) is 61.4 Å². The van der Waals surface area contributed by atoms with Crippen LogP contribution in [0.25, 0.3) is 0 Å². The van der Waals surface area contributed by atoms with Gasteiger partial charge in [-0.2, -0.15) is 0 Å². The van der Waals surface area contributed by atoms with Gasteiger partial charge < -0.3 is 15.7 Å². The van der Waals surface area contributed by atoms with Crippen molar-refractivity contribution in [2.75, 3.05) is 26.2 Å². The van der Waals surface area contributed by atoms with Crippen LogP contribution in [0.5, 0.6) is 0 Å². The number of aliphatic hydroxyl groups excluding tert-OH is 1. The van der Waals surface area contributed by atoms with Gasteiger partial charge in [0.25, 0.3) is 0 Å². The molecule has 0 aromatic carbocycles. The third kappa shape index (κ3) is 6.08. The second kappa shape index (κ2) is 6.21. The summed E-state index contributed by atoms with van der Waals surface area (Å²) in [5.74, 6) is 0.852. The van der Waals surface area contributed by atoms with Crippen molar-refractivity contribution in [3.63, 3.8) is 0 Å². The van der Waals surface area contributed by atoms with Crippen molar-refractivity contribution in [1.29, 1.82) is 0 Å². The summed E-state index contributed by atoms with van der Waals surface area (Å²) in [6.07, 6.45) is 3.32. The number of rotatable bonds is 8. The van der Waals surface area contributed by atoms with Gasteiger partial charge in [0.05, 0.1) is 6.54 Å². The van der Waals surface area contributed by atoms with Crippen molar-refractivity contribution in [3.05, 3.63) is 0 Å². The summed E-state index contributed by atoms with van der Waals surface area (Å²) in [6.45, 7) is 6.25. The third-order valence-electron chi connectivity index (χ3n) is 2.97. The Morgan fingerprint density at radius 2 is 2.12 bits per heavy atom. The molecule has 0 heterocycles. The van der Waals surface area contributed by atoms with Gasteiger partial charge in [0.1, 0.15) is 0 Å². The summed E-state index contributed by atoms with van der Waals surface area (Å²) < 4.78 is 0. The molecule has 1 aliphatic carbocycles. The highest BCUT2D eigenvalue weighted by molar-refractivity contribution is 5.78. The average molecular weight is 228 g/mol. The molecule has 0 bridgehead atoms. The molecule has 1 amide bonds. The Labute approximate surface area is 97.8 Å². The lowest BCUT2D eigenvalue weighted by molar-refractivity contribution is -0.120. The minimum atomic E-state index is -0.0269. The van der Waals surface area contributed by atoms with Gasteiger partial charge in [-0.15, -0.1) is 0 Å². The first-order valence-electron chi connectivity index (χ1n) is 6.12. The van der Waals surface area contributed by atoms with Gasteiger partial charge in [0, 0.05) is 13.2 Å². The monoisotopic (exact) mass is 228 g/mol. The first-order valence-corrected chi connectivity index (χ1v) is 6.12. The van der Waals surface area contributed by atoms with E-state index in [9.17, 15) is 4.79 Å². The number of carbonyl (C=O) groups is 1. The zero-order valence-corrected chi connectivity index (χ0v) is 10.4. The summed E-state index contributed by atoms with van der Waals surface area (Å²) in [7, 11) is 0. The lowest BCUT2D eigenvalue weighted by Gasteiger charge is -2.23. The largest absolute Gasteiger partial charge is 0.396 e. The third-order valence-corrected chi connectivity index (χ3v) is 2.97. The Kier molecular flexibility index (Phi) is 5.22. The van der Waals surface area contributed by atoms with E-state index >= 15 is 0 Å². The second-order valence-electron chi connectivity index (χ2n) is 5.49. The van der Waals surface area contributed by atoms with Crippen molar-refractivity contribution >= 4 is 5.91 Å². The Hall–Kier alpha value is -0.610. The van der Waals surface area contributed by atoms with Crippen LogP contribution in [-0.2, 0) is 4.79 Å². The van der Waals surface area contributed by atoms with E-state index < -0.39 is 0 Å². The molecule has 3 N–H and O–H groups in total. The summed E-state index contributed by atoms with van der Waals surface area (Å²) in [5, 5.41) is 14.9. The van der Waals surface area contributed by atoms with Crippen molar-refractivity contribution in [2.45, 2.75) is 33.1 Å². The van der Waals surface area contributed by atoms with Gasteiger partial charge in [0.15, 0.2) is 0 Å². The molecular formula is C12H24N2O2. The van der Waals surface area contributed by atoms with E-state index in [0.29, 0.717) is 19.5 Å². The number of hydrogen-bond acceptors (Lipinski definition) is 3. The maximum absolute atomic E-state index is 11.5. The Morgan fingerprint density at radius 3 is 2.69 bits per heavy atom.